The molecule has 0 aliphatic rings. The van der Waals surface area contributed by atoms with E-state index >= 15 is 0 Å². The summed E-state index contributed by atoms with van der Waals surface area (Å²) in [5.41, 5.74) is 1.13. The van der Waals surface area contributed by atoms with Crippen LogP contribution in [0, 0.1) is 0 Å². The summed E-state index contributed by atoms with van der Waals surface area (Å²) < 4.78 is 7.04. The zero-order valence-electron chi connectivity index (χ0n) is 17.8. The average molecular weight is 474 g/mol. The monoisotopic (exact) mass is 473 g/mol. The van der Waals surface area contributed by atoms with E-state index in [1.54, 1.807) is 49.6 Å². The van der Waals surface area contributed by atoms with Gasteiger partial charge in [-0.05, 0) is 43.3 Å². The number of benzene rings is 2. The van der Waals surface area contributed by atoms with Crippen LogP contribution >= 0.6 is 23.4 Å². The Labute approximate surface area is 195 Å². The lowest BCUT2D eigenvalue weighted by Crippen LogP contribution is -2.26. The van der Waals surface area contributed by atoms with Crippen LogP contribution in [-0.4, -0.2) is 46.0 Å². The van der Waals surface area contributed by atoms with Crippen molar-refractivity contribution in [3.63, 3.8) is 0 Å². The summed E-state index contributed by atoms with van der Waals surface area (Å²) in [5, 5.41) is 15.2. The molecule has 0 radical (unpaired) electrons. The van der Waals surface area contributed by atoms with Gasteiger partial charge < -0.3 is 19.9 Å². The summed E-state index contributed by atoms with van der Waals surface area (Å²) in [6.07, 6.45) is 0.523. The number of nitrogens with zero attached hydrogens (tertiary/aromatic N) is 3. The molecule has 0 fully saturated rings. The van der Waals surface area contributed by atoms with Crippen LogP contribution in [0.15, 0.2) is 53.7 Å². The normalized spacial score (nSPS) is 10.6. The Morgan fingerprint density at radius 3 is 2.56 bits per heavy atom. The molecule has 0 aliphatic heterocycles. The second-order valence-electron chi connectivity index (χ2n) is 6.69. The highest BCUT2D eigenvalue weighted by Gasteiger charge is 2.14. The molecule has 2 aromatic carbocycles. The van der Waals surface area contributed by atoms with Gasteiger partial charge >= 0.3 is 0 Å². The molecule has 3 aromatic rings. The van der Waals surface area contributed by atoms with Gasteiger partial charge in [0, 0.05) is 25.1 Å². The van der Waals surface area contributed by atoms with Gasteiger partial charge in [0.25, 0.3) is 5.91 Å². The second kappa shape index (κ2) is 11.5. The fourth-order valence-electron chi connectivity index (χ4n) is 2.94. The first-order valence-electron chi connectivity index (χ1n) is 10.0. The Morgan fingerprint density at radius 1 is 1.12 bits per heavy atom. The van der Waals surface area contributed by atoms with Crippen LogP contribution in [0.25, 0.3) is 0 Å². The van der Waals surface area contributed by atoms with Crippen molar-refractivity contribution < 1.29 is 14.3 Å². The number of nitrogens with one attached hydrogen (secondary N) is 2. The van der Waals surface area contributed by atoms with Crippen LogP contribution in [0.3, 0.4) is 0 Å². The van der Waals surface area contributed by atoms with E-state index in [9.17, 15) is 9.59 Å². The maximum atomic E-state index is 12.3. The van der Waals surface area contributed by atoms with Gasteiger partial charge in [-0.2, -0.15) is 0 Å². The van der Waals surface area contributed by atoms with Crippen molar-refractivity contribution in [2.45, 2.75) is 25.0 Å². The zero-order chi connectivity index (χ0) is 22.9. The zero-order valence-corrected chi connectivity index (χ0v) is 19.4. The van der Waals surface area contributed by atoms with Crippen LogP contribution in [-0.2, 0) is 17.8 Å². The number of hydrogen-bond acceptors (Lipinski definition) is 6. The van der Waals surface area contributed by atoms with Gasteiger partial charge in [-0.1, -0.05) is 35.5 Å². The standard InChI is InChI=1S/C22H24ClN5O3S/c1-3-28-19(12-13-24-21(30)15-8-10-16(31-2)11-9-15)26-27-22(28)32-14-20(29)25-18-7-5-4-6-17(18)23/h4-11H,3,12-14H2,1-2H3,(H,24,30)(H,25,29). The Hall–Kier alpha value is -3.04. The van der Waals surface area contributed by atoms with Crippen LogP contribution < -0.4 is 15.4 Å². The van der Waals surface area contributed by atoms with E-state index in [0.29, 0.717) is 46.7 Å². The molecule has 0 spiro atoms. The highest BCUT2D eigenvalue weighted by molar-refractivity contribution is 7.99. The number of methoxy groups -OCH3 is 1. The number of halogens is 1. The van der Waals surface area contributed by atoms with Crippen LogP contribution in [0.1, 0.15) is 23.1 Å². The molecule has 10 heteroatoms. The first kappa shape index (κ1) is 23.6. The minimum absolute atomic E-state index is 0.166. The first-order valence-corrected chi connectivity index (χ1v) is 11.4. The molecular formula is C22H24ClN5O3S. The number of carbonyl (C=O) groups excluding carboxylic acids is 2. The van der Waals surface area contributed by atoms with Gasteiger partial charge in [-0.15, -0.1) is 10.2 Å². The molecule has 2 amide bonds. The largest absolute Gasteiger partial charge is 0.497 e. The van der Waals surface area contributed by atoms with E-state index in [1.807, 2.05) is 17.6 Å². The summed E-state index contributed by atoms with van der Waals surface area (Å²) in [7, 11) is 1.58. The molecule has 1 aromatic heterocycles. The summed E-state index contributed by atoms with van der Waals surface area (Å²) >= 11 is 7.38. The second-order valence-corrected chi connectivity index (χ2v) is 8.04. The Kier molecular flexibility index (Phi) is 8.52. The van der Waals surface area contributed by atoms with E-state index in [2.05, 4.69) is 20.8 Å². The Morgan fingerprint density at radius 2 is 1.88 bits per heavy atom. The van der Waals surface area contributed by atoms with Crippen LogP contribution in [0.4, 0.5) is 5.69 Å². The number of anilines is 1. The summed E-state index contributed by atoms with van der Waals surface area (Å²) in [5.74, 6) is 1.28. The molecule has 0 saturated carbocycles. The number of ether oxygens (including phenoxy) is 1. The van der Waals surface area contributed by atoms with E-state index in [4.69, 9.17) is 16.3 Å². The smallest absolute Gasteiger partial charge is 0.251 e. The van der Waals surface area contributed by atoms with Gasteiger partial charge in [-0.3, -0.25) is 9.59 Å². The van der Waals surface area contributed by atoms with Gasteiger partial charge in [0.1, 0.15) is 11.6 Å². The van der Waals surface area contributed by atoms with Gasteiger partial charge in [-0.25, -0.2) is 0 Å². The van der Waals surface area contributed by atoms with E-state index in [-0.39, 0.29) is 17.6 Å². The van der Waals surface area contributed by atoms with Crippen molar-refractivity contribution in [2.24, 2.45) is 0 Å². The maximum Gasteiger partial charge on any atom is 0.251 e. The number of rotatable bonds is 10. The number of aromatic nitrogens is 3. The number of para-hydroxylation sites is 1. The van der Waals surface area contributed by atoms with E-state index < -0.39 is 0 Å². The molecule has 2 N–H and O–H groups in total. The van der Waals surface area contributed by atoms with Crippen molar-refractivity contribution >= 4 is 40.9 Å². The minimum atomic E-state index is -0.179. The lowest BCUT2D eigenvalue weighted by Gasteiger charge is -2.09. The summed E-state index contributed by atoms with van der Waals surface area (Å²) in [4.78, 5) is 24.6. The number of thioether (sulfide) groups is 1. The van der Waals surface area contributed by atoms with Crippen molar-refractivity contribution in [3.05, 3.63) is 64.9 Å². The highest BCUT2D eigenvalue weighted by Crippen LogP contribution is 2.22. The van der Waals surface area contributed by atoms with Crippen LogP contribution in [0.5, 0.6) is 5.75 Å². The number of amides is 2. The first-order chi connectivity index (χ1) is 15.5. The fraction of sp³-hybridized carbons (Fsp3) is 0.273. The predicted octanol–water partition coefficient (Wildman–Crippen LogP) is 3.66. The molecule has 0 saturated heterocycles. The SMILES string of the molecule is CCn1c(CCNC(=O)c2ccc(OC)cc2)nnc1SCC(=O)Nc1ccccc1Cl. The average Bonchev–Trinajstić information content (AvgIpc) is 3.21. The minimum Gasteiger partial charge on any atom is -0.497 e. The van der Waals surface area contributed by atoms with Crippen molar-refractivity contribution in [1.82, 2.24) is 20.1 Å². The van der Waals surface area contributed by atoms with Crippen molar-refractivity contribution in [2.75, 3.05) is 24.7 Å². The topological polar surface area (TPSA) is 98.1 Å². The van der Waals surface area contributed by atoms with Crippen molar-refractivity contribution in [3.8, 4) is 5.75 Å². The lowest BCUT2D eigenvalue weighted by molar-refractivity contribution is -0.113. The fourth-order valence-corrected chi connectivity index (χ4v) is 3.94. The molecule has 0 aliphatic carbocycles. The third kappa shape index (κ3) is 6.24. The summed E-state index contributed by atoms with van der Waals surface area (Å²) in [6.45, 7) is 3.06. The van der Waals surface area contributed by atoms with Gasteiger partial charge in [0.15, 0.2) is 5.16 Å². The Bertz CT molecular complexity index is 1070. The molecule has 8 nitrogen and oxygen atoms in total. The van der Waals surface area contributed by atoms with Gasteiger partial charge in [0.05, 0.1) is 23.6 Å². The highest BCUT2D eigenvalue weighted by atomic mass is 35.5. The van der Waals surface area contributed by atoms with Crippen molar-refractivity contribution in [1.29, 1.82) is 0 Å². The molecule has 3 rings (SSSR count). The van der Waals surface area contributed by atoms with E-state index in [0.717, 1.165) is 5.82 Å². The quantitative estimate of drug-likeness (QED) is 0.436. The molecule has 0 atom stereocenters. The number of hydrogen-bond donors (Lipinski definition) is 2. The van der Waals surface area contributed by atoms with Crippen LogP contribution in [0.2, 0.25) is 5.02 Å². The predicted molar refractivity (Wildman–Crippen MR) is 126 cm³/mol. The molecule has 168 valence electrons. The Balaban J connectivity index is 1.51. The molecule has 0 bridgehead atoms. The van der Waals surface area contributed by atoms with E-state index in [1.165, 1.54) is 11.8 Å². The third-order valence-electron chi connectivity index (χ3n) is 4.58. The number of carbonyl (C=O) groups is 2. The molecule has 1 heterocycles. The molecule has 32 heavy (non-hydrogen) atoms. The maximum absolute atomic E-state index is 12.3. The lowest BCUT2D eigenvalue weighted by atomic mass is 10.2. The molecule has 0 unspecified atom stereocenters. The van der Waals surface area contributed by atoms with Gasteiger partial charge in [0.2, 0.25) is 5.91 Å². The third-order valence-corrected chi connectivity index (χ3v) is 5.87. The summed E-state index contributed by atoms with van der Waals surface area (Å²) in [6, 6.07) is 14.0. The molecular weight excluding hydrogens is 450 g/mol.